The van der Waals surface area contributed by atoms with Crippen LogP contribution in [-0.4, -0.2) is 49.0 Å². The van der Waals surface area contributed by atoms with Gasteiger partial charge in [0.2, 0.25) is 0 Å². The van der Waals surface area contributed by atoms with E-state index < -0.39 is 18.0 Å². The zero-order valence-corrected chi connectivity index (χ0v) is 19.8. The van der Waals surface area contributed by atoms with Crippen molar-refractivity contribution in [2.45, 2.75) is 45.2 Å². The van der Waals surface area contributed by atoms with Crippen LogP contribution in [0.1, 0.15) is 50.6 Å². The number of rotatable bonds is 3. The van der Waals surface area contributed by atoms with Gasteiger partial charge in [0.05, 0.1) is 41.1 Å². The van der Waals surface area contributed by atoms with Crippen molar-refractivity contribution < 1.29 is 27.2 Å². The number of hydrogen-bond acceptors (Lipinski definition) is 5. The molecule has 0 bridgehead atoms. The molecule has 184 valence electrons. The van der Waals surface area contributed by atoms with E-state index in [1.807, 2.05) is 6.92 Å². The molecule has 0 radical (unpaired) electrons. The highest BCUT2D eigenvalue weighted by Gasteiger charge is 2.39. The van der Waals surface area contributed by atoms with Crippen molar-refractivity contribution in [3.63, 3.8) is 0 Å². The SMILES string of the molecule is C[C@@H]1Cc2nn3c(c2CN1C(=O)c1ccc(Cl)c(Cl)c1)C(=O)N(Cc1coc(C(F)(F)F)n1)CC3. The summed E-state index contributed by atoms with van der Waals surface area (Å²) < 4.78 is 44.5. The Labute approximate surface area is 207 Å². The third-order valence-electron chi connectivity index (χ3n) is 6.13. The fraction of sp³-hybridized carbons (Fsp3) is 0.364. The molecule has 1 aromatic carbocycles. The molecule has 0 spiro atoms. The minimum Gasteiger partial charge on any atom is -0.441 e. The molecule has 1 atom stereocenters. The van der Waals surface area contributed by atoms with Gasteiger partial charge in [-0.3, -0.25) is 14.3 Å². The van der Waals surface area contributed by atoms with Gasteiger partial charge in [0.1, 0.15) is 12.0 Å². The molecule has 0 saturated heterocycles. The monoisotopic (exact) mass is 527 g/mol. The Kier molecular flexibility index (Phi) is 5.79. The van der Waals surface area contributed by atoms with Crippen LogP contribution in [0.15, 0.2) is 28.9 Å². The molecule has 2 aliphatic heterocycles. The normalized spacial score (nSPS) is 18.0. The van der Waals surface area contributed by atoms with Gasteiger partial charge in [-0.1, -0.05) is 23.2 Å². The highest BCUT2D eigenvalue weighted by atomic mass is 35.5. The predicted molar refractivity (Wildman–Crippen MR) is 118 cm³/mol. The van der Waals surface area contributed by atoms with Crippen molar-refractivity contribution in [2.24, 2.45) is 0 Å². The summed E-state index contributed by atoms with van der Waals surface area (Å²) in [5, 5.41) is 5.17. The Bertz CT molecular complexity index is 1340. The zero-order valence-electron chi connectivity index (χ0n) is 18.3. The van der Waals surface area contributed by atoms with Gasteiger partial charge in [0, 0.05) is 30.1 Å². The molecule has 8 nitrogen and oxygen atoms in total. The van der Waals surface area contributed by atoms with Gasteiger partial charge in [0.25, 0.3) is 11.8 Å². The quantitative estimate of drug-likeness (QED) is 0.502. The topological polar surface area (TPSA) is 84.5 Å². The van der Waals surface area contributed by atoms with E-state index in [4.69, 9.17) is 23.2 Å². The standard InChI is InChI=1S/C22H18Cl2F3N5O3/c1-11-6-17-14(9-31(11)19(33)12-2-3-15(23)16(24)7-12)18-20(34)30(4-5-32(18)29-17)8-13-10-35-21(28-13)22(25,26)27/h2-3,7,10-11H,4-6,8-9H2,1H3/t11-/m1/s1. The number of alkyl halides is 3. The first-order chi connectivity index (χ1) is 16.5. The Morgan fingerprint density at radius 1 is 1.23 bits per heavy atom. The van der Waals surface area contributed by atoms with Crippen molar-refractivity contribution in [1.29, 1.82) is 0 Å². The Morgan fingerprint density at radius 3 is 2.69 bits per heavy atom. The third-order valence-corrected chi connectivity index (χ3v) is 6.87. The molecule has 0 saturated carbocycles. The number of carbonyl (C=O) groups excluding carboxylic acids is 2. The van der Waals surface area contributed by atoms with Crippen molar-refractivity contribution in [1.82, 2.24) is 24.6 Å². The van der Waals surface area contributed by atoms with Crippen LogP contribution in [0.4, 0.5) is 13.2 Å². The molecule has 4 heterocycles. The van der Waals surface area contributed by atoms with Gasteiger partial charge < -0.3 is 14.2 Å². The summed E-state index contributed by atoms with van der Waals surface area (Å²) >= 11 is 12.0. The van der Waals surface area contributed by atoms with Crippen LogP contribution < -0.4 is 0 Å². The summed E-state index contributed by atoms with van der Waals surface area (Å²) in [6.45, 7) is 2.54. The van der Waals surface area contributed by atoms with Crippen LogP contribution in [0.5, 0.6) is 0 Å². The van der Waals surface area contributed by atoms with Gasteiger partial charge in [0.15, 0.2) is 0 Å². The summed E-state index contributed by atoms with van der Waals surface area (Å²) in [6, 6.07) is 4.46. The summed E-state index contributed by atoms with van der Waals surface area (Å²) in [7, 11) is 0. The minimum atomic E-state index is -4.71. The number of halogens is 5. The summed E-state index contributed by atoms with van der Waals surface area (Å²) in [6.07, 6.45) is -3.35. The van der Waals surface area contributed by atoms with Gasteiger partial charge in [-0.2, -0.15) is 18.3 Å². The van der Waals surface area contributed by atoms with E-state index in [0.717, 1.165) is 12.0 Å². The second-order valence-corrected chi connectivity index (χ2v) is 9.29. The lowest BCUT2D eigenvalue weighted by molar-refractivity contribution is -0.157. The first-order valence-electron chi connectivity index (χ1n) is 10.7. The third kappa shape index (κ3) is 4.27. The van der Waals surface area contributed by atoms with Crippen LogP contribution >= 0.6 is 23.2 Å². The molecule has 13 heteroatoms. The summed E-state index contributed by atoms with van der Waals surface area (Å²) in [4.78, 5) is 33.0. The Balaban J connectivity index is 1.40. The molecule has 2 amide bonds. The van der Waals surface area contributed by atoms with Crippen molar-refractivity contribution in [3.8, 4) is 0 Å². The lowest BCUT2D eigenvalue weighted by Crippen LogP contribution is -2.44. The van der Waals surface area contributed by atoms with Crippen molar-refractivity contribution in [2.75, 3.05) is 6.54 Å². The average molecular weight is 528 g/mol. The minimum absolute atomic E-state index is 0.00227. The van der Waals surface area contributed by atoms with Gasteiger partial charge in [-0.15, -0.1) is 0 Å². The number of nitrogens with zero attached hydrogens (tertiary/aromatic N) is 5. The van der Waals surface area contributed by atoms with E-state index in [0.29, 0.717) is 34.8 Å². The van der Waals surface area contributed by atoms with E-state index in [9.17, 15) is 22.8 Å². The number of carbonyl (C=O) groups is 2. The number of amides is 2. The number of hydrogen-bond donors (Lipinski definition) is 0. The summed E-state index contributed by atoms with van der Waals surface area (Å²) in [5.74, 6) is -2.01. The second kappa shape index (κ2) is 8.56. The maximum absolute atomic E-state index is 13.3. The van der Waals surface area contributed by atoms with Gasteiger partial charge in [-0.05, 0) is 25.1 Å². The Hall–Kier alpha value is -3.05. The molecule has 0 fully saturated rings. The van der Waals surface area contributed by atoms with Crippen LogP contribution in [-0.2, 0) is 32.2 Å². The molecule has 5 rings (SSSR count). The zero-order chi connectivity index (χ0) is 25.1. The molecular formula is C22H18Cl2F3N5O3. The van der Waals surface area contributed by atoms with Crippen molar-refractivity contribution >= 4 is 35.0 Å². The van der Waals surface area contributed by atoms with Gasteiger partial charge >= 0.3 is 12.1 Å². The molecular weight excluding hydrogens is 510 g/mol. The fourth-order valence-electron chi connectivity index (χ4n) is 4.39. The molecule has 0 aliphatic carbocycles. The Morgan fingerprint density at radius 2 is 2.00 bits per heavy atom. The second-order valence-electron chi connectivity index (χ2n) is 8.48. The lowest BCUT2D eigenvalue weighted by Gasteiger charge is -2.34. The molecule has 0 N–H and O–H groups in total. The predicted octanol–water partition coefficient (Wildman–Crippen LogP) is 4.44. The van der Waals surface area contributed by atoms with E-state index in [1.165, 1.54) is 11.0 Å². The molecule has 35 heavy (non-hydrogen) atoms. The summed E-state index contributed by atoms with van der Waals surface area (Å²) in [5.41, 5.74) is 2.04. The van der Waals surface area contributed by atoms with E-state index in [-0.39, 0.29) is 42.3 Å². The maximum Gasteiger partial charge on any atom is 0.468 e. The van der Waals surface area contributed by atoms with Crippen molar-refractivity contribution in [3.05, 3.63) is 68.6 Å². The lowest BCUT2D eigenvalue weighted by atomic mass is 9.97. The first kappa shape index (κ1) is 23.7. The van der Waals surface area contributed by atoms with Crippen LogP contribution in [0.25, 0.3) is 0 Å². The van der Waals surface area contributed by atoms with Crippen LogP contribution in [0, 0.1) is 0 Å². The highest BCUT2D eigenvalue weighted by molar-refractivity contribution is 6.42. The van der Waals surface area contributed by atoms with E-state index >= 15 is 0 Å². The van der Waals surface area contributed by atoms with E-state index in [2.05, 4.69) is 14.5 Å². The van der Waals surface area contributed by atoms with Crippen LogP contribution in [0.3, 0.4) is 0 Å². The molecule has 3 aromatic rings. The van der Waals surface area contributed by atoms with E-state index in [1.54, 1.807) is 21.7 Å². The number of benzene rings is 1. The maximum atomic E-state index is 13.3. The highest BCUT2D eigenvalue weighted by Crippen LogP contribution is 2.32. The van der Waals surface area contributed by atoms with Gasteiger partial charge in [-0.25, -0.2) is 4.98 Å². The average Bonchev–Trinajstić information content (AvgIpc) is 3.41. The largest absolute Gasteiger partial charge is 0.468 e. The molecule has 2 aliphatic rings. The fourth-order valence-corrected chi connectivity index (χ4v) is 4.68. The number of oxazole rings is 1. The smallest absolute Gasteiger partial charge is 0.441 e. The molecule has 0 unspecified atom stereocenters. The molecule has 2 aromatic heterocycles. The first-order valence-corrected chi connectivity index (χ1v) is 11.4. The van der Waals surface area contributed by atoms with Crippen LogP contribution in [0.2, 0.25) is 10.0 Å². The number of aromatic nitrogens is 3. The number of fused-ring (bicyclic) bond motifs is 3.